The average Bonchev–Trinajstić information content (AvgIpc) is 3.04. The van der Waals surface area contributed by atoms with Crippen molar-refractivity contribution in [2.75, 3.05) is 5.32 Å². The van der Waals surface area contributed by atoms with Crippen LogP contribution in [0.4, 0.5) is 11.4 Å². The number of aryl methyl sites for hydroxylation is 1. The zero-order valence-corrected chi connectivity index (χ0v) is 14.1. The molecule has 0 radical (unpaired) electrons. The van der Waals surface area contributed by atoms with Gasteiger partial charge in [-0.1, -0.05) is 12.1 Å². The predicted molar refractivity (Wildman–Crippen MR) is 96.9 cm³/mol. The number of anilines is 1. The zero-order chi connectivity index (χ0) is 19.6. The van der Waals surface area contributed by atoms with E-state index in [-0.39, 0.29) is 22.7 Å². The number of hydrogen-bond donors (Lipinski definition) is 2. The van der Waals surface area contributed by atoms with E-state index in [4.69, 9.17) is 4.42 Å². The first-order valence-electron chi connectivity index (χ1n) is 7.85. The molecular weight excluding hydrogens is 352 g/mol. The largest absolute Gasteiger partial charge is 0.478 e. The Morgan fingerprint density at radius 2 is 1.78 bits per heavy atom. The first-order valence-corrected chi connectivity index (χ1v) is 7.85. The second-order valence-electron chi connectivity index (χ2n) is 5.73. The molecule has 0 aliphatic carbocycles. The topological polar surface area (TPSA) is 123 Å². The van der Waals surface area contributed by atoms with E-state index in [1.807, 2.05) is 0 Å². The van der Waals surface area contributed by atoms with Crippen molar-refractivity contribution < 1.29 is 24.0 Å². The van der Waals surface area contributed by atoms with Gasteiger partial charge < -0.3 is 14.8 Å². The molecule has 1 aromatic heterocycles. The number of amides is 1. The highest BCUT2D eigenvalue weighted by Gasteiger charge is 2.19. The van der Waals surface area contributed by atoms with Gasteiger partial charge in [-0.3, -0.25) is 14.9 Å². The third-order valence-electron chi connectivity index (χ3n) is 3.89. The van der Waals surface area contributed by atoms with Crippen LogP contribution in [-0.2, 0) is 0 Å². The van der Waals surface area contributed by atoms with E-state index in [1.54, 1.807) is 25.1 Å². The van der Waals surface area contributed by atoms with Crippen molar-refractivity contribution in [3.05, 3.63) is 81.6 Å². The van der Waals surface area contributed by atoms with Crippen LogP contribution in [0.3, 0.4) is 0 Å². The van der Waals surface area contributed by atoms with Gasteiger partial charge >= 0.3 is 5.97 Å². The molecule has 0 aliphatic heterocycles. The van der Waals surface area contributed by atoms with E-state index in [0.717, 1.165) is 0 Å². The fourth-order valence-corrected chi connectivity index (χ4v) is 2.55. The molecule has 0 bridgehead atoms. The van der Waals surface area contributed by atoms with Crippen molar-refractivity contribution >= 4 is 23.3 Å². The van der Waals surface area contributed by atoms with Crippen LogP contribution in [0.15, 0.2) is 59.0 Å². The Hall–Kier alpha value is -3.94. The van der Waals surface area contributed by atoms with Gasteiger partial charge in [0.1, 0.15) is 5.76 Å². The first kappa shape index (κ1) is 17.9. The van der Waals surface area contributed by atoms with Crippen LogP contribution in [0.2, 0.25) is 0 Å². The smallest absolute Gasteiger partial charge is 0.337 e. The monoisotopic (exact) mass is 366 g/mol. The van der Waals surface area contributed by atoms with Crippen LogP contribution in [0.5, 0.6) is 0 Å². The molecule has 136 valence electrons. The summed E-state index contributed by atoms with van der Waals surface area (Å²) >= 11 is 0. The third kappa shape index (κ3) is 3.69. The predicted octanol–water partition coefficient (Wildman–Crippen LogP) is 4.11. The van der Waals surface area contributed by atoms with Gasteiger partial charge in [0, 0.05) is 23.3 Å². The molecule has 3 aromatic rings. The summed E-state index contributed by atoms with van der Waals surface area (Å²) in [6.45, 7) is 1.68. The number of carbonyl (C=O) groups is 2. The molecule has 0 unspecified atom stereocenters. The van der Waals surface area contributed by atoms with Crippen LogP contribution < -0.4 is 5.32 Å². The minimum Gasteiger partial charge on any atom is -0.478 e. The molecule has 0 spiro atoms. The van der Waals surface area contributed by atoms with E-state index < -0.39 is 16.8 Å². The average molecular weight is 366 g/mol. The Morgan fingerprint density at radius 3 is 2.41 bits per heavy atom. The van der Waals surface area contributed by atoms with Gasteiger partial charge in [-0.2, -0.15) is 0 Å². The number of nitro groups is 1. The number of hydrogen-bond acceptors (Lipinski definition) is 5. The Balaban J connectivity index is 1.87. The Kier molecular flexibility index (Phi) is 4.71. The van der Waals surface area contributed by atoms with Gasteiger partial charge in [-0.15, -0.1) is 0 Å². The van der Waals surface area contributed by atoms with Crippen molar-refractivity contribution in [1.29, 1.82) is 0 Å². The van der Waals surface area contributed by atoms with Gasteiger partial charge in [-0.05, 0) is 37.3 Å². The van der Waals surface area contributed by atoms with Crippen LogP contribution in [-0.4, -0.2) is 21.9 Å². The summed E-state index contributed by atoms with van der Waals surface area (Å²) < 4.78 is 5.61. The molecule has 27 heavy (non-hydrogen) atoms. The number of aromatic carboxylic acids is 1. The van der Waals surface area contributed by atoms with E-state index in [9.17, 15) is 24.8 Å². The number of carboxylic acid groups (broad SMARTS) is 1. The molecule has 0 saturated heterocycles. The van der Waals surface area contributed by atoms with Crippen molar-refractivity contribution in [2.45, 2.75) is 6.92 Å². The Morgan fingerprint density at radius 1 is 1.11 bits per heavy atom. The molecule has 2 aromatic carbocycles. The number of furan rings is 1. The van der Waals surface area contributed by atoms with Crippen LogP contribution in [0.25, 0.3) is 11.3 Å². The summed E-state index contributed by atoms with van der Waals surface area (Å²) in [5.41, 5.74) is 1.20. The third-order valence-corrected chi connectivity index (χ3v) is 3.89. The summed E-state index contributed by atoms with van der Waals surface area (Å²) in [5.74, 6) is -1.34. The zero-order valence-electron chi connectivity index (χ0n) is 14.1. The highest BCUT2D eigenvalue weighted by atomic mass is 16.6. The highest BCUT2D eigenvalue weighted by molar-refractivity contribution is 6.07. The van der Waals surface area contributed by atoms with Gasteiger partial charge in [0.05, 0.1) is 16.2 Å². The van der Waals surface area contributed by atoms with Crippen molar-refractivity contribution in [1.82, 2.24) is 0 Å². The van der Waals surface area contributed by atoms with E-state index in [1.165, 1.54) is 36.4 Å². The van der Waals surface area contributed by atoms with Gasteiger partial charge in [0.15, 0.2) is 5.76 Å². The quantitative estimate of drug-likeness (QED) is 0.517. The molecule has 0 fully saturated rings. The van der Waals surface area contributed by atoms with Crippen LogP contribution >= 0.6 is 0 Å². The van der Waals surface area contributed by atoms with Crippen LogP contribution in [0, 0.1) is 17.0 Å². The minimum absolute atomic E-state index is 0.0311. The standard InChI is InChI=1S/C19H14N2O6/c1-11-10-16(12-6-8-13(9-7-12)21(25)26)27-17(11)18(22)20-15-5-3-2-4-14(15)19(23)24/h2-10H,1H3,(H,20,22)(H,23,24). The maximum atomic E-state index is 12.5. The molecule has 2 N–H and O–H groups in total. The number of benzene rings is 2. The van der Waals surface area contributed by atoms with E-state index in [2.05, 4.69) is 5.32 Å². The van der Waals surface area contributed by atoms with Crippen molar-refractivity contribution in [3.63, 3.8) is 0 Å². The van der Waals surface area contributed by atoms with Gasteiger partial charge in [0.25, 0.3) is 11.6 Å². The summed E-state index contributed by atoms with van der Waals surface area (Å²) in [4.78, 5) is 34.0. The molecule has 0 aliphatic rings. The maximum Gasteiger partial charge on any atom is 0.337 e. The lowest BCUT2D eigenvalue weighted by molar-refractivity contribution is -0.384. The number of nitrogens with zero attached hydrogens (tertiary/aromatic N) is 1. The second kappa shape index (κ2) is 7.12. The highest BCUT2D eigenvalue weighted by Crippen LogP contribution is 2.28. The minimum atomic E-state index is -1.16. The fourth-order valence-electron chi connectivity index (χ4n) is 2.55. The van der Waals surface area contributed by atoms with Crippen molar-refractivity contribution in [3.8, 4) is 11.3 Å². The second-order valence-corrected chi connectivity index (χ2v) is 5.73. The number of carbonyl (C=O) groups excluding carboxylic acids is 1. The Bertz CT molecular complexity index is 1040. The molecule has 1 amide bonds. The molecule has 0 saturated carbocycles. The summed E-state index contributed by atoms with van der Waals surface area (Å²) in [6, 6.07) is 13.4. The van der Waals surface area contributed by atoms with Crippen molar-refractivity contribution in [2.24, 2.45) is 0 Å². The lowest BCUT2D eigenvalue weighted by Gasteiger charge is -2.07. The normalized spacial score (nSPS) is 10.4. The molecule has 3 rings (SSSR count). The molecule has 1 heterocycles. The summed E-state index contributed by atoms with van der Waals surface area (Å²) in [7, 11) is 0. The summed E-state index contributed by atoms with van der Waals surface area (Å²) in [5, 5.41) is 22.5. The number of nitrogens with one attached hydrogen (secondary N) is 1. The molecule has 0 atom stereocenters. The number of carboxylic acids is 1. The lowest BCUT2D eigenvalue weighted by atomic mass is 10.1. The Labute approximate surface area is 153 Å². The molecular formula is C19H14N2O6. The van der Waals surface area contributed by atoms with E-state index >= 15 is 0 Å². The number of rotatable bonds is 5. The van der Waals surface area contributed by atoms with E-state index in [0.29, 0.717) is 16.9 Å². The number of para-hydroxylation sites is 1. The number of nitro benzene ring substituents is 1. The molecule has 8 heteroatoms. The molecule has 8 nitrogen and oxygen atoms in total. The van der Waals surface area contributed by atoms with Crippen LogP contribution in [0.1, 0.15) is 26.5 Å². The fraction of sp³-hybridized carbons (Fsp3) is 0.0526. The SMILES string of the molecule is Cc1cc(-c2ccc([N+](=O)[O-])cc2)oc1C(=O)Nc1ccccc1C(=O)O. The lowest BCUT2D eigenvalue weighted by Crippen LogP contribution is -2.14. The summed E-state index contributed by atoms with van der Waals surface area (Å²) in [6.07, 6.45) is 0. The van der Waals surface area contributed by atoms with Gasteiger partial charge in [0.2, 0.25) is 0 Å². The maximum absolute atomic E-state index is 12.5. The van der Waals surface area contributed by atoms with Gasteiger partial charge in [-0.25, -0.2) is 4.79 Å². The number of non-ortho nitro benzene ring substituents is 1. The first-order chi connectivity index (χ1) is 12.9.